The van der Waals surface area contributed by atoms with Gasteiger partial charge >= 0.3 is 5.69 Å². The Labute approximate surface area is 131 Å². The number of nitrogens with zero attached hydrogens (tertiary/aromatic N) is 2. The molecule has 1 aromatic carbocycles. The third kappa shape index (κ3) is 3.02. The average Bonchev–Trinajstić information content (AvgIpc) is 3.21. The lowest BCUT2D eigenvalue weighted by atomic mass is 10.1. The largest absolute Gasteiger partial charge is 0.344 e. The summed E-state index contributed by atoms with van der Waals surface area (Å²) in [5.74, 6) is 0. The zero-order valence-corrected chi connectivity index (χ0v) is 13.2. The summed E-state index contributed by atoms with van der Waals surface area (Å²) in [7, 11) is 0. The van der Waals surface area contributed by atoms with Crippen LogP contribution in [0.1, 0.15) is 36.6 Å². The topological polar surface area (TPSA) is 76.7 Å². The number of benzene rings is 1. The van der Waals surface area contributed by atoms with Crippen molar-refractivity contribution in [2.45, 2.75) is 42.3 Å². The predicted molar refractivity (Wildman–Crippen MR) is 84.8 cm³/mol. The Morgan fingerprint density at radius 1 is 1.48 bits per heavy atom. The first kappa shape index (κ1) is 14.7. The predicted octanol–water partition coefficient (Wildman–Crippen LogP) is 2.74. The second-order valence-electron chi connectivity index (χ2n) is 5.33. The van der Waals surface area contributed by atoms with Gasteiger partial charge in [-0.05, 0) is 31.4 Å². The smallest absolute Gasteiger partial charge is 0.327 e. The Morgan fingerprint density at radius 3 is 2.81 bits per heavy atom. The number of aromatic amines is 1. The second-order valence-corrected chi connectivity index (χ2v) is 6.85. The minimum absolute atomic E-state index is 0.0496. The molecule has 0 aliphatic heterocycles. The number of thioether (sulfide) groups is 1. The molecule has 0 bridgehead atoms. The lowest BCUT2D eigenvalue weighted by molar-refractivity contribution is 0.636. The van der Waals surface area contributed by atoms with E-state index in [-0.39, 0.29) is 23.0 Å². The standard InChI is InChI=1S/C14H17ClN4OS/c1-8(16)12(10-4-2-3-5-11(10)15)21-14-18-17-13(20)19(14)9-6-7-9/h2-5,8-9,12H,6-7,16H2,1H3,(H,17,20). The van der Waals surface area contributed by atoms with E-state index in [2.05, 4.69) is 10.2 Å². The summed E-state index contributed by atoms with van der Waals surface area (Å²) in [5, 5.41) is 7.99. The number of nitrogens with two attached hydrogens (primary N) is 1. The number of hydrogen-bond acceptors (Lipinski definition) is 4. The number of aromatic nitrogens is 3. The summed E-state index contributed by atoms with van der Waals surface area (Å²) >= 11 is 7.77. The van der Waals surface area contributed by atoms with Crippen LogP contribution >= 0.6 is 23.4 Å². The molecule has 1 heterocycles. The molecule has 1 fully saturated rings. The van der Waals surface area contributed by atoms with Crippen LogP contribution in [0.3, 0.4) is 0 Å². The molecule has 112 valence electrons. The molecule has 0 saturated heterocycles. The molecule has 1 aliphatic rings. The van der Waals surface area contributed by atoms with Gasteiger partial charge < -0.3 is 5.73 Å². The van der Waals surface area contributed by atoms with Crippen LogP contribution < -0.4 is 11.4 Å². The van der Waals surface area contributed by atoms with Crippen LogP contribution in [-0.2, 0) is 0 Å². The van der Waals surface area contributed by atoms with Gasteiger partial charge in [0, 0.05) is 17.1 Å². The fraction of sp³-hybridized carbons (Fsp3) is 0.429. The van der Waals surface area contributed by atoms with Gasteiger partial charge in [0.2, 0.25) is 0 Å². The van der Waals surface area contributed by atoms with E-state index in [4.69, 9.17) is 17.3 Å². The van der Waals surface area contributed by atoms with Crippen LogP contribution in [-0.4, -0.2) is 20.8 Å². The first-order chi connectivity index (χ1) is 10.1. The zero-order chi connectivity index (χ0) is 15.0. The second kappa shape index (κ2) is 5.87. The van der Waals surface area contributed by atoms with Gasteiger partial charge in [0.25, 0.3) is 0 Å². The lowest BCUT2D eigenvalue weighted by Crippen LogP contribution is -2.24. The Kier molecular flexibility index (Phi) is 4.10. The van der Waals surface area contributed by atoms with E-state index in [1.54, 1.807) is 4.57 Å². The number of hydrogen-bond donors (Lipinski definition) is 2. The number of rotatable bonds is 5. The molecule has 0 spiro atoms. The number of nitrogens with one attached hydrogen (secondary N) is 1. The van der Waals surface area contributed by atoms with E-state index in [0.29, 0.717) is 10.2 Å². The normalized spacial score (nSPS) is 17.7. The van der Waals surface area contributed by atoms with Crippen molar-refractivity contribution >= 4 is 23.4 Å². The minimum atomic E-state index is -0.150. The van der Waals surface area contributed by atoms with Gasteiger partial charge in [-0.3, -0.25) is 4.57 Å². The van der Waals surface area contributed by atoms with Crippen molar-refractivity contribution in [3.8, 4) is 0 Å². The van der Waals surface area contributed by atoms with Crippen LogP contribution in [0.25, 0.3) is 0 Å². The van der Waals surface area contributed by atoms with E-state index < -0.39 is 0 Å². The average molecular weight is 325 g/mol. The first-order valence-corrected chi connectivity index (χ1v) is 8.17. The first-order valence-electron chi connectivity index (χ1n) is 6.91. The summed E-state index contributed by atoms with van der Waals surface area (Å²) in [6.45, 7) is 1.94. The minimum Gasteiger partial charge on any atom is -0.327 e. The fourth-order valence-electron chi connectivity index (χ4n) is 2.30. The SMILES string of the molecule is CC(N)C(Sc1n[nH]c(=O)n1C1CC1)c1ccccc1Cl. The lowest BCUT2D eigenvalue weighted by Gasteiger charge is -2.21. The molecule has 7 heteroatoms. The van der Waals surface area contributed by atoms with Crippen molar-refractivity contribution in [1.29, 1.82) is 0 Å². The molecule has 2 atom stereocenters. The van der Waals surface area contributed by atoms with Gasteiger partial charge in [-0.15, -0.1) is 5.10 Å². The molecule has 2 aromatic rings. The van der Waals surface area contributed by atoms with Gasteiger partial charge in [0.05, 0.1) is 5.25 Å². The van der Waals surface area contributed by atoms with Crippen molar-refractivity contribution in [1.82, 2.24) is 14.8 Å². The van der Waals surface area contributed by atoms with Crippen molar-refractivity contribution in [3.63, 3.8) is 0 Å². The van der Waals surface area contributed by atoms with E-state index in [0.717, 1.165) is 18.4 Å². The van der Waals surface area contributed by atoms with Crippen molar-refractivity contribution in [2.24, 2.45) is 5.73 Å². The monoisotopic (exact) mass is 324 g/mol. The Morgan fingerprint density at radius 2 is 2.19 bits per heavy atom. The molecule has 21 heavy (non-hydrogen) atoms. The third-order valence-corrected chi connectivity index (χ3v) is 5.29. The highest BCUT2D eigenvalue weighted by Crippen LogP contribution is 2.42. The maximum absolute atomic E-state index is 11.9. The Balaban J connectivity index is 1.93. The van der Waals surface area contributed by atoms with Crippen molar-refractivity contribution in [2.75, 3.05) is 0 Å². The molecule has 2 unspecified atom stereocenters. The van der Waals surface area contributed by atoms with E-state index >= 15 is 0 Å². The van der Waals surface area contributed by atoms with Gasteiger partial charge in [-0.2, -0.15) is 0 Å². The summed E-state index contributed by atoms with van der Waals surface area (Å²) < 4.78 is 1.73. The molecule has 0 radical (unpaired) electrons. The molecule has 5 nitrogen and oxygen atoms in total. The maximum atomic E-state index is 11.9. The molecule has 1 aromatic heterocycles. The molecule has 1 saturated carbocycles. The van der Waals surface area contributed by atoms with E-state index in [9.17, 15) is 4.79 Å². The number of halogens is 1. The van der Waals surface area contributed by atoms with Crippen LogP contribution in [0.4, 0.5) is 0 Å². The highest BCUT2D eigenvalue weighted by Gasteiger charge is 2.31. The molecule has 1 aliphatic carbocycles. The number of H-pyrrole nitrogens is 1. The van der Waals surface area contributed by atoms with Gasteiger partial charge in [-0.1, -0.05) is 41.6 Å². The Hall–Kier alpha value is -1.24. The highest BCUT2D eigenvalue weighted by atomic mass is 35.5. The Bertz CT molecular complexity index is 692. The summed E-state index contributed by atoms with van der Waals surface area (Å²) in [5.41, 5.74) is 6.95. The maximum Gasteiger partial charge on any atom is 0.344 e. The van der Waals surface area contributed by atoms with Crippen LogP contribution in [0.5, 0.6) is 0 Å². The van der Waals surface area contributed by atoms with Crippen LogP contribution in [0, 0.1) is 0 Å². The van der Waals surface area contributed by atoms with Crippen LogP contribution in [0.15, 0.2) is 34.2 Å². The van der Waals surface area contributed by atoms with Gasteiger partial charge in [-0.25, -0.2) is 9.89 Å². The summed E-state index contributed by atoms with van der Waals surface area (Å²) in [6, 6.07) is 7.81. The quantitative estimate of drug-likeness (QED) is 0.829. The van der Waals surface area contributed by atoms with Gasteiger partial charge in [0.15, 0.2) is 5.16 Å². The molecule has 3 N–H and O–H groups in total. The fourth-order valence-corrected chi connectivity index (χ4v) is 3.84. The zero-order valence-electron chi connectivity index (χ0n) is 11.6. The summed E-state index contributed by atoms with van der Waals surface area (Å²) in [6.07, 6.45) is 2.06. The molecular formula is C14H17ClN4OS. The highest BCUT2D eigenvalue weighted by molar-refractivity contribution is 7.99. The molecular weight excluding hydrogens is 308 g/mol. The van der Waals surface area contributed by atoms with Crippen molar-refractivity contribution < 1.29 is 0 Å². The van der Waals surface area contributed by atoms with Crippen LogP contribution in [0.2, 0.25) is 5.02 Å². The van der Waals surface area contributed by atoms with E-state index in [1.807, 2.05) is 31.2 Å². The third-order valence-electron chi connectivity index (χ3n) is 3.51. The molecule has 3 rings (SSSR count). The molecule has 0 amide bonds. The summed E-state index contributed by atoms with van der Waals surface area (Å²) in [4.78, 5) is 11.9. The van der Waals surface area contributed by atoms with Crippen molar-refractivity contribution in [3.05, 3.63) is 45.3 Å². The van der Waals surface area contributed by atoms with E-state index in [1.165, 1.54) is 11.8 Å². The van der Waals surface area contributed by atoms with Gasteiger partial charge in [0.1, 0.15) is 0 Å².